The Kier molecular flexibility index (Phi) is 6.23. The summed E-state index contributed by atoms with van der Waals surface area (Å²) >= 11 is 1.59. The summed E-state index contributed by atoms with van der Waals surface area (Å²) in [7, 11) is 0. The molecular weight excluding hydrogens is 410 g/mol. The van der Waals surface area contributed by atoms with Gasteiger partial charge in [0.15, 0.2) is 0 Å². The second-order valence-corrected chi connectivity index (χ2v) is 10.4. The van der Waals surface area contributed by atoms with E-state index in [9.17, 15) is 4.79 Å². The molecule has 0 bridgehead atoms. The highest BCUT2D eigenvalue weighted by Crippen LogP contribution is 2.39. The van der Waals surface area contributed by atoms with Gasteiger partial charge in [-0.1, -0.05) is 13.8 Å². The fourth-order valence-electron chi connectivity index (χ4n) is 4.45. The summed E-state index contributed by atoms with van der Waals surface area (Å²) in [5.74, 6) is 0.115. The van der Waals surface area contributed by atoms with Gasteiger partial charge in [-0.25, -0.2) is 0 Å². The average molecular weight is 444 g/mol. The minimum atomic E-state index is 0.115. The molecule has 1 amide bonds. The number of thiophene rings is 1. The number of nitrogens with two attached hydrogens (primary N) is 1. The molecule has 2 aromatic heterocycles. The molecule has 4 N–H and O–H groups in total. The van der Waals surface area contributed by atoms with Crippen LogP contribution in [0.5, 0.6) is 0 Å². The van der Waals surface area contributed by atoms with E-state index < -0.39 is 0 Å². The summed E-state index contributed by atoms with van der Waals surface area (Å²) in [6.45, 7) is 10.5. The lowest BCUT2D eigenvalue weighted by atomic mass is 9.75. The predicted molar refractivity (Wildman–Crippen MR) is 127 cm³/mol. The zero-order valence-electron chi connectivity index (χ0n) is 18.7. The van der Waals surface area contributed by atoms with E-state index in [0.717, 1.165) is 64.5 Å². The van der Waals surface area contributed by atoms with Crippen LogP contribution in [0, 0.1) is 10.8 Å². The number of ether oxygens (including phenoxy) is 1. The highest BCUT2D eigenvalue weighted by molar-refractivity contribution is 7.23. The molecule has 4 rings (SSSR count). The van der Waals surface area contributed by atoms with Crippen molar-refractivity contribution in [3.05, 3.63) is 29.1 Å². The van der Waals surface area contributed by atoms with E-state index in [-0.39, 0.29) is 11.3 Å². The van der Waals surface area contributed by atoms with E-state index in [0.29, 0.717) is 32.0 Å². The first-order chi connectivity index (χ1) is 14.8. The molecule has 3 heterocycles. The lowest BCUT2D eigenvalue weighted by molar-refractivity contribution is -0.120. The van der Waals surface area contributed by atoms with Crippen molar-refractivity contribution in [1.29, 1.82) is 5.41 Å². The number of amides is 1. The van der Waals surface area contributed by atoms with Gasteiger partial charge in [-0.05, 0) is 49.3 Å². The molecule has 168 valence electrons. The van der Waals surface area contributed by atoms with Gasteiger partial charge >= 0.3 is 0 Å². The molecule has 1 aliphatic heterocycles. The first kappa shape index (κ1) is 22.0. The monoisotopic (exact) mass is 443 g/mol. The third-order valence-electron chi connectivity index (χ3n) is 6.32. The number of carbonyl (C=O) groups is 1. The van der Waals surface area contributed by atoms with Crippen LogP contribution in [0.1, 0.15) is 45.7 Å². The fourth-order valence-corrected chi connectivity index (χ4v) is 5.59. The van der Waals surface area contributed by atoms with E-state index in [1.54, 1.807) is 11.3 Å². The van der Waals surface area contributed by atoms with Crippen molar-refractivity contribution >= 4 is 38.2 Å². The number of hydrogen-bond donors (Lipinski definition) is 3. The van der Waals surface area contributed by atoms with Crippen LogP contribution >= 0.6 is 11.3 Å². The maximum Gasteiger partial charge on any atom is 0.241 e. The molecule has 2 aromatic rings. The fraction of sp³-hybridized carbons (Fsp3) is 0.565. The zero-order valence-corrected chi connectivity index (χ0v) is 19.5. The third-order valence-corrected chi connectivity index (χ3v) is 7.42. The maximum atomic E-state index is 12.9. The lowest BCUT2D eigenvalue weighted by Crippen LogP contribution is -2.44. The Hall–Kier alpha value is -2.16. The predicted octanol–water partition coefficient (Wildman–Crippen LogP) is 3.71. The number of anilines is 1. The van der Waals surface area contributed by atoms with Crippen molar-refractivity contribution in [2.24, 2.45) is 11.1 Å². The molecule has 0 radical (unpaired) electrons. The van der Waals surface area contributed by atoms with E-state index in [4.69, 9.17) is 15.9 Å². The number of aromatic amines is 1. The summed E-state index contributed by atoms with van der Waals surface area (Å²) in [6, 6.07) is 4.05. The lowest BCUT2D eigenvalue weighted by Gasteiger charge is -2.31. The minimum Gasteiger partial charge on any atom is -0.402 e. The highest BCUT2D eigenvalue weighted by atomic mass is 32.1. The van der Waals surface area contributed by atoms with E-state index >= 15 is 0 Å². The topological polar surface area (TPSA) is 98.4 Å². The standard InChI is InChI=1S/C23H33N5O2S/c1-4-28(20(29)14-27-7-9-30-10-8-27)21-12-17-19(31-21)11-18(26-17)22(25)15-5-6-23(2,3)13-16(15)24/h11-12,25-26H,4-10,13-14,24H2,1-3H3. The minimum absolute atomic E-state index is 0.115. The van der Waals surface area contributed by atoms with Crippen LogP contribution in [-0.4, -0.2) is 60.9 Å². The number of allylic oxidation sites excluding steroid dienone is 2. The molecule has 0 atom stereocenters. The van der Waals surface area contributed by atoms with E-state index in [1.807, 2.05) is 24.0 Å². The summed E-state index contributed by atoms with van der Waals surface area (Å²) in [5, 5.41) is 9.64. The van der Waals surface area contributed by atoms with Crippen molar-refractivity contribution in [3.8, 4) is 0 Å². The quantitative estimate of drug-likeness (QED) is 0.593. The molecule has 8 heteroatoms. The number of rotatable bonds is 6. The number of carbonyl (C=O) groups excluding carboxylic acids is 1. The van der Waals surface area contributed by atoms with E-state index in [1.165, 1.54) is 0 Å². The molecule has 0 saturated carbocycles. The van der Waals surface area contributed by atoms with Gasteiger partial charge in [0.1, 0.15) is 5.00 Å². The van der Waals surface area contributed by atoms with Gasteiger partial charge in [-0.15, -0.1) is 11.3 Å². The van der Waals surface area contributed by atoms with Crippen molar-refractivity contribution in [2.75, 3.05) is 44.3 Å². The number of likely N-dealkylation sites (N-methyl/N-ethyl adjacent to an activating group) is 1. The Morgan fingerprint density at radius 1 is 1.35 bits per heavy atom. The zero-order chi connectivity index (χ0) is 22.2. The molecule has 0 unspecified atom stereocenters. The van der Waals surface area contributed by atoms with Crippen LogP contribution in [0.4, 0.5) is 5.00 Å². The molecule has 1 fully saturated rings. The summed E-state index contributed by atoms with van der Waals surface area (Å²) in [4.78, 5) is 20.3. The van der Waals surface area contributed by atoms with E-state index in [2.05, 4.69) is 23.7 Å². The smallest absolute Gasteiger partial charge is 0.241 e. The number of morpholine rings is 1. The number of nitrogens with zero attached hydrogens (tertiary/aromatic N) is 2. The Morgan fingerprint density at radius 2 is 2.10 bits per heavy atom. The first-order valence-electron chi connectivity index (χ1n) is 11.1. The normalized spacial score (nSPS) is 19.7. The molecule has 7 nitrogen and oxygen atoms in total. The molecule has 2 aliphatic rings. The van der Waals surface area contributed by atoms with Crippen molar-refractivity contribution in [3.63, 3.8) is 0 Å². The van der Waals surface area contributed by atoms with Crippen LogP contribution < -0.4 is 10.6 Å². The number of fused-ring (bicyclic) bond motifs is 1. The van der Waals surface area contributed by atoms with Gasteiger partial charge in [-0.3, -0.25) is 15.1 Å². The number of hydrogen-bond acceptors (Lipinski definition) is 6. The van der Waals surface area contributed by atoms with Crippen LogP contribution in [0.2, 0.25) is 0 Å². The van der Waals surface area contributed by atoms with Crippen LogP contribution in [0.3, 0.4) is 0 Å². The second-order valence-electron chi connectivity index (χ2n) is 9.29. The SMILES string of the molecule is CCN(C(=O)CN1CCOCC1)c1cc2[nH]c(C(=N)C3=C(N)CC(C)(C)CC3)cc2s1. The molecule has 1 saturated heterocycles. The van der Waals surface area contributed by atoms with Crippen LogP contribution in [0.15, 0.2) is 23.4 Å². The maximum absolute atomic E-state index is 12.9. The largest absolute Gasteiger partial charge is 0.402 e. The molecule has 0 spiro atoms. The van der Waals surface area contributed by atoms with Crippen LogP contribution in [-0.2, 0) is 9.53 Å². The highest BCUT2D eigenvalue weighted by Gasteiger charge is 2.28. The Bertz CT molecular complexity index is 981. The summed E-state index contributed by atoms with van der Waals surface area (Å²) in [6.07, 6.45) is 2.72. The Morgan fingerprint density at radius 3 is 2.74 bits per heavy atom. The van der Waals surface area contributed by atoms with Gasteiger partial charge < -0.3 is 20.4 Å². The number of nitrogens with one attached hydrogen (secondary N) is 2. The van der Waals surface area contributed by atoms with Gasteiger partial charge in [0.05, 0.1) is 41.4 Å². The van der Waals surface area contributed by atoms with Crippen molar-refractivity contribution in [1.82, 2.24) is 9.88 Å². The van der Waals surface area contributed by atoms with Gasteiger partial charge in [0, 0.05) is 25.3 Å². The van der Waals surface area contributed by atoms with Crippen LogP contribution in [0.25, 0.3) is 10.2 Å². The second kappa shape index (κ2) is 8.76. The van der Waals surface area contributed by atoms with Crippen molar-refractivity contribution < 1.29 is 9.53 Å². The number of aromatic nitrogens is 1. The number of H-pyrrole nitrogens is 1. The molecule has 0 aromatic carbocycles. The Balaban J connectivity index is 1.50. The van der Waals surface area contributed by atoms with Gasteiger partial charge in [-0.2, -0.15) is 0 Å². The molecular formula is C23H33N5O2S. The first-order valence-corrected chi connectivity index (χ1v) is 11.9. The van der Waals surface area contributed by atoms with Crippen molar-refractivity contribution in [2.45, 2.75) is 40.0 Å². The molecule has 1 aliphatic carbocycles. The summed E-state index contributed by atoms with van der Waals surface area (Å²) < 4.78 is 6.43. The summed E-state index contributed by atoms with van der Waals surface area (Å²) in [5.41, 5.74) is 10.6. The molecule has 31 heavy (non-hydrogen) atoms. The van der Waals surface area contributed by atoms with Gasteiger partial charge in [0.25, 0.3) is 0 Å². The van der Waals surface area contributed by atoms with Gasteiger partial charge in [0.2, 0.25) is 5.91 Å². The Labute approximate surface area is 187 Å². The third kappa shape index (κ3) is 4.71. The average Bonchev–Trinajstić information content (AvgIpc) is 3.27.